The Kier molecular flexibility index (Phi) is 4.69. The van der Waals surface area contributed by atoms with Gasteiger partial charge in [0.05, 0.1) is 6.61 Å². The lowest BCUT2D eigenvalue weighted by Gasteiger charge is -2.36. The van der Waals surface area contributed by atoms with Gasteiger partial charge in [-0.25, -0.2) is 4.79 Å². The average Bonchev–Trinajstić information content (AvgIpc) is 2.83. The Morgan fingerprint density at radius 1 is 1.50 bits per heavy atom. The van der Waals surface area contributed by atoms with E-state index in [1.165, 1.54) is 11.0 Å². The molecule has 0 aliphatic carbocycles. The second-order valence-corrected chi connectivity index (χ2v) is 12.0. The summed E-state index contributed by atoms with van der Waals surface area (Å²) in [5, 5.41) is 11.9. The van der Waals surface area contributed by atoms with Crippen molar-refractivity contribution in [3.8, 4) is 0 Å². The number of amides is 2. The van der Waals surface area contributed by atoms with Crippen LogP contribution >= 0.6 is 0 Å². The van der Waals surface area contributed by atoms with E-state index in [4.69, 9.17) is 9.16 Å². The summed E-state index contributed by atoms with van der Waals surface area (Å²) in [4.78, 5) is 13.3. The van der Waals surface area contributed by atoms with Crippen LogP contribution in [0.5, 0.6) is 0 Å². The second-order valence-electron chi connectivity index (χ2n) is 7.17. The molecule has 2 amide bonds. The van der Waals surface area contributed by atoms with Crippen molar-refractivity contribution in [2.45, 2.75) is 57.8 Å². The minimum Gasteiger partial charge on any atom is -0.472 e. The molecule has 6 nitrogen and oxygen atoms in total. The number of rotatable bonds is 4. The van der Waals surface area contributed by atoms with E-state index in [1.807, 2.05) is 6.08 Å². The van der Waals surface area contributed by atoms with E-state index in [-0.39, 0.29) is 17.3 Å². The van der Waals surface area contributed by atoms with E-state index in [0.29, 0.717) is 13.0 Å². The topological polar surface area (TPSA) is 71.0 Å². The molecule has 0 aromatic rings. The predicted molar refractivity (Wildman–Crippen MR) is 86.2 cm³/mol. The third kappa shape index (κ3) is 3.71. The minimum atomic E-state index is -1.82. The maximum Gasteiger partial charge on any atom is 0.326 e. The summed E-state index contributed by atoms with van der Waals surface area (Å²) in [5.41, 5.74) is 0. The van der Waals surface area contributed by atoms with Crippen molar-refractivity contribution in [2.75, 3.05) is 6.61 Å². The largest absolute Gasteiger partial charge is 0.472 e. The SMILES string of the molecule is CC(C)(C)[Si](C)(C)OCC1=CC[C@H](N2C=CC(O)NC2=O)O1. The van der Waals surface area contributed by atoms with Crippen molar-refractivity contribution in [3.05, 3.63) is 24.1 Å². The van der Waals surface area contributed by atoms with Crippen LogP contribution in [0.4, 0.5) is 4.79 Å². The Bertz CT molecular complexity index is 496. The van der Waals surface area contributed by atoms with Crippen molar-refractivity contribution in [3.63, 3.8) is 0 Å². The van der Waals surface area contributed by atoms with Gasteiger partial charge < -0.3 is 19.6 Å². The lowest BCUT2D eigenvalue weighted by atomic mass is 10.2. The highest BCUT2D eigenvalue weighted by molar-refractivity contribution is 6.74. The average molecular weight is 326 g/mol. The molecule has 22 heavy (non-hydrogen) atoms. The van der Waals surface area contributed by atoms with Crippen molar-refractivity contribution in [1.29, 1.82) is 0 Å². The third-order valence-corrected chi connectivity index (χ3v) is 8.94. The van der Waals surface area contributed by atoms with Gasteiger partial charge in [0.15, 0.2) is 14.5 Å². The summed E-state index contributed by atoms with van der Waals surface area (Å²) in [7, 11) is -1.82. The number of carbonyl (C=O) groups excluding carboxylic acids is 1. The number of ether oxygens (including phenoxy) is 1. The normalized spacial score (nSPS) is 25.8. The molecule has 2 rings (SSSR count). The van der Waals surface area contributed by atoms with Crippen LogP contribution in [0.15, 0.2) is 24.1 Å². The Balaban J connectivity index is 1.88. The molecule has 2 heterocycles. The molecule has 2 aliphatic heterocycles. The van der Waals surface area contributed by atoms with Crippen molar-refractivity contribution >= 4 is 14.3 Å². The predicted octanol–water partition coefficient (Wildman–Crippen LogP) is 2.50. The van der Waals surface area contributed by atoms with E-state index >= 15 is 0 Å². The molecule has 0 radical (unpaired) electrons. The zero-order chi connectivity index (χ0) is 16.5. The second kappa shape index (κ2) is 6.06. The number of nitrogens with one attached hydrogen (secondary N) is 1. The first-order valence-electron chi connectivity index (χ1n) is 7.55. The molecular formula is C15H26N2O4Si. The van der Waals surface area contributed by atoms with Gasteiger partial charge in [-0.15, -0.1) is 0 Å². The van der Waals surface area contributed by atoms with Crippen LogP contribution in [-0.4, -0.2) is 43.4 Å². The fourth-order valence-corrected chi connectivity index (χ4v) is 2.89. The van der Waals surface area contributed by atoms with Crippen molar-refractivity contribution in [2.24, 2.45) is 0 Å². The minimum absolute atomic E-state index is 0.150. The number of carbonyl (C=O) groups is 1. The van der Waals surface area contributed by atoms with Gasteiger partial charge in [0.2, 0.25) is 0 Å². The molecule has 0 saturated heterocycles. The molecule has 1 unspecified atom stereocenters. The summed E-state index contributed by atoms with van der Waals surface area (Å²) in [6.45, 7) is 11.4. The summed E-state index contributed by atoms with van der Waals surface area (Å²) in [6, 6.07) is -0.361. The highest BCUT2D eigenvalue weighted by atomic mass is 28.4. The van der Waals surface area contributed by atoms with Crippen LogP contribution in [-0.2, 0) is 9.16 Å². The van der Waals surface area contributed by atoms with Crippen LogP contribution < -0.4 is 5.32 Å². The van der Waals surface area contributed by atoms with Gasteiger partial charge in [0.25, 0.3) is 0 Å². The smallest absolute Gasteiger partial charge is 0.326 e. The van der Waals surface area contributed by atoms with Gasteiger partial charge >= 0.3 is 6.03 Å². The number of urea groups is 1. The van der Waals surface area contributed by atoms with Crippen LogP contribution in [0.3, 0.4) is 0 Å². The molecule has 0 fully saturated rings. The zero-order valence-electron chi connectivity index (χ0n) is 13.9. The zero-order valence-corrected chi connectivity index (χ0v) is 14.9. The number of hydrogen-bond acceptors (Lipinski definition) is 4. The Labute approximate surface area is 132 Å². The summed E-state index contributed by atoms with van der Waals surface area (Å²) < 4.78 is 11.9. The summed E-state index contributed by atoms with van der Waals surface area (Å²) in [5.74, 6) is 0.766. The maximum atomic E-state index is 11.8. The van der Waals surface area contributed by atoms with Gasteiger partial charge in [0.1, 0.15) is 12.0 Å². The molecule has 2 N–H and O–H groups in total. The molecular weight excluding hydrogens is 300 g/mol. The standard InChI is InChI=1S/C15H26N2O4Si/c1-15(2,3)22(4,5)20-10-11-6-7-13(21-11)17-9-8-12(18)16-14(17)19/h6,8-9,12-13,18H,7,10H2,1-5H3,(H,16,19)/t12?,13-/m1/s1. The number of aliphatic hydroxyl groups is 1. The third-order valence-electron chi connectivity index (χ3n) is 4.46. The Hall–Kier alpha value is -1.31. The van der Waals surface area contributed by atoms with Gasteiger partial charge in [-0.3, -0.25) is 4.90 Å². The molecule has 0 aromatic carbocycles. The van der Waals surface area contributed by atoms with Crippen molar-refractivity contribution < 1.29 is 19.1 Å². The lowest BCUT2D eigenvalue weighted by Crippen LogP contribution is -2.49. The van der Waals surface area contributed by atoms with Gasteiger partial charge in [-0.2, -0.15) is 0 Å². The van der Waals surface area contributed by atoms with E-state index in [9.17, 15) is 9.90 Å². The quantitative estimate of drug-likeness (QED) is 0.779. The molecule has 7 heteroatoms. The van der Waals surface area contributed by atoms with Gasteiger partial charge in [-0.05, 0) is 30.3 Å². The number of aliphatic hydroxyl groups excluding tert-OH is 1. The highest BCUT2D eigenvalue weighted by Gasteiger charge is 2.38. The van der Waals surface area contributed by atoms with E-state index in [0.717, 1.165) is 5.76 Å². The monoisotopic (exact) mass is 326 g/mol. The first-order valence-corrected chi connectivity index (χ1v) is 10.5. The summed E-state index contributed by atoms with van der Waals surface area (Å²) >= 11 is 0. The molecule has 124 valence electrons. The highest BCUT2D eigenvalue weighted by Crippen LogP contribution is 2.37. The van der Waals surface area contributed by atoms with E-state index in [2.05, 4.69) is 39.2 Å². The summed E-state index contributed by atoms with van der Waals surface area (Å²) in [6.07, 6.45) is 4.34. The first kappa shape index (κ1) is 17.0. The lowest BCUT2D eigenvalue weighted by molar-refractivity contribution is 0.0261. The molecule has 0 saturated carbocycles. The molecule has 0 aromatic heterocycles. The van der Waals surface area contributed by atoms with Crippen LogP contribution in [0, 0.1) is 0 Å². The van der Waals surface area contributed by atoms with E-state index in [1.54, 1.807) is 6.20 Å². The first-order chi connectivity index (χ1) is 10.1. The van der Waals surface area contributed by atoms with Crippen LogP contribution in [0.1, 0.15) is 27.2 Å². The van der Waals surface area contributed by atoms with Crippen molar-refractivity contribution in [1.82, 2.24) is 10.2 Å². The fraction of sp³-hybridized carbons (Fsp3) is 0.667. The fourth-order valence-electron chi connectivity index (χ4n) is 1.95. The van der Waals surface area contributed by atoms with Crippen LogP contribution in [0.25, 0.3) is 0 Å². The van der Waals surface area contributed by atoms with Gasteiger partial charge in [-0.1, -0.05) is 20.8 Å². The number of nitrogens with zero attached hydrogens (tertiary/aromatic N) is 1. The molecule has 2 aliphatic rings. The van der Waals surface area contributed by atoms with E-state index < -0.39 is 14.5 Å². The Morgan fingerprint density at radius 3 is 2.77 bits per heavy atom. The maximum absolute atomic E-state index is 11.8. The van der Waals surface area contributed by atoms with Gasteiger partial charge in [0, 0.05) is 12.6 Å². The van der Waals surface area contributed by atoms with Crippen LogP contribution in [0.2, 0.25) is 18.1 Å². The molecule has 2 atom stereocenters. The molecule has 0 bridgehead atoms. The molecule has 0 spiro atoms. The Morgan fingerprint density at radius 2 is 2.18 bits per heavy atom. The number of hydrogen-bond donors (Lipinski definition) is 2.